The molecule has 0 spiro atoms. The maximum atomic E-state index is 14.2. The Morgan fingerprint density at radius 1 is 0.868 bits per heavy atom. The molecule has 186 valence electrons. The summed E-state index contributed by atoms with van der Waals surface area (Å²) in [5.74, 6) is -0.516. The molecule has 38 heavy (non-hydrogen) atoms. The Labute approximate surface area is 217 Å². The number of carbonyl (C=O) groups is 3. The van der Waals surface area contributed by atoms with Crippen LogP contribution in [0.4, 0.5) is 21.0 Å². The van der Waals surface area contributed by atoms with E-state index >= 15 is 0 Å². The number of benzene rings is 3. The van der Waals surface area contributed by atoms with E-state index in [2.05, 4.69) is 9.83 Å². The van der Waals surface area contributed by atoms with E-state index in [4.69, 9.17) is 20.8 Å². The number of rotatable bonds is 4. The summed E-state index contributed by atoms with van der Waals surface area (Å²) < 4.78 is 16.6. The quantitative estimate of drug-likeness (QED) is 0.192. The first-order chi connectivity index (χ1) is 18.4. The van der Waals surface area contributed by atoms with E-state index in [0.29, 0.717) is 5.69 Å². The molecule has 3 aromatic carbocycles. The van der Waals surface area contributed by atoms with Gasteiger partial charge >= 0.3 is 12.2 Å². The van der Waals surface area contributed by atoms with Crippen molar-refractivity contribution in [3.05, 3.63) is 125 Å². The van der Waals surface area contributed by atoms with Gasteiger partial charge in [0.25, 0.3) is 5.91 Å². The Bertz CT molecular complexity index is 1580. The number of nitrogens with zero attached hydrogens (tertiary/aromatic N) is 3. The van der Waals surface area contributed by atoms with Crippen molar-refractivity contribution in [1.29, 1.82) is 0 Å². The Hall–Kier alpha value is -5.49. The zero-order valence-electron chi connectivity index (χ0n) is 20.0. The number of para-hydroxylation sites is 2. The molecule has 9 nitrogen and oxygen atoms in total. The van der Waals surface area contributed by atoms with Crippen molar-refractivity contribution < 1.29 is 28.6 Å². The first-order valence-electron chi connectivity index (χ1n) is 11.5. The summed E-state index contributed by atoms with van der Waals surface area (Å²) in [7, 11) is 0. The van der Waals surface area contributed by atoms with E-state index in [1.807, 2.05) is 0 Å². The van der Waals surface area contributed by atoms with Crippen LogP contribution in [0.2, 0.25) is 0 Å². The molecule has 1 aromatic heterocycles. The van der Waals surface area contributed by atoms with Crippen LogP contribution in [-0.2, 0) is 15.1 Å². The molecule has 1 atom stereocenters. The molecule has 1 aliphatic rings. The lowest BCUT2D eigenvalue weighted by Gasteiger charge is -2.29. The second-order valence-electron chi connectivity index (χ2n) is 8.22. The molecule has 1 aliphatic heterocycles. The van der Waals surface area contributed by atoms with Crippen LogP contribution in [0.5, 0.6) is 11.5 Å². The Morgan fingerprint density at radius 2 is 1.53 bits per heavy atom. The number of ether oxygens (including phenoxy) is 3. The van der Waals surface area contributed by atoms with Gasteiger partial charge in [-0.25, -0.2) is 19.3 Å². The minimum Gasteiger partial charge on any atom is -0.410 e. The highest BCUT2D eigenvalue weighted by Crippen LogP contribution is 2.49. The average Bonchev–Trinajstić information content (AvgIpc) is 3.17. The van der Waals surface area contributed by atoms with Crippen molar-refractivity contribution in [3.63, 3.8) is 0 Å². The minimum absolute atomic E-state index is 0.0964. The predicted octanol–water partition coefficient (Wildman–Crippen LogP) is 5.95. The topological polar surface area (TPSA) is 99.4 Å². The van der Waals surface area contributed by atoms with Crippen molar-refractivity contribution in [2.75, 3.05) is 4.90 Å². The number of anilines is 1. The molecule has 0 fully saturated rings. The summed E-state index contributed by atoms with van der Waals surface area (Å²) in [6.07, 6.45) is -0.682. The Morgan fingerprint density at radius 3 is 2.16 bits per heavy atom. The second-order valence-corrected chi connectivity index (χ2v) is 8.22. The van der Waals surface area contributed by atoms with Gasteiger partial charge in [-0.05, 0) is 49.4 Å². The van der Waals surface area contributed by atoms with Gasteiger partial charge in [0.1, 0.15) is 11.5 Å². The summed E-state index contributed by atoms with van der Waals surface area (Å²) in [4.78, 5) is 49.2. The van der Waals surface area contributed by atoms with Gasteiger partial charge in [0, 0.05) is 23.0 Å². The van der Waals surface area contributed by atoms with Gasteiger partial charge in [-0.2, -0.15) is 0 Å². The summed E-state index contributed by atoms with van der Waals surface area (Å²) >= 11 is 0. The molecule has 0 saturated carbocycles. The van der Waals surface area contributed by atoms with E-state index in [1.165, 1.54) is 24.4 Å². The standard InChI is InChI=1S/C29H19N3O6/c1-19-23(14-9-17-31-19)29(38-28(35)37-22-12-7-4-8-13-22)24-18-20(30-2)15-16-25(24)32(26(29)33)27(34)36-21-10-5-3-6-11-21/h3-18H,1H3. The molecule has 0 bridgehead atoms. The highest BCUT2D eigenvalue weighted by atomic mass is 16.7. The molecule has 9 heteroatoms. The maximum Gasteiger partial charge on any atom is 0.515 e. The monoisotopic (exact) mass is 505 g/mol. The molecule has 4 aromatic rings. The van der Waals surface area contributed by atoms with E-state index in [9.17, 15) is 14.4 Å². The van der Waals surface area contributed by atoms with Crippen LogP contribution in [0.1, 0.15) is 16.8 Å². The van der Waals surface area contributed by atoms with Crippen molar-refractivity contribution in [2.24, 2.45) is 0 Å². The number of aromatic nitrogens is 1. The fourth-order valence-corrected chi connectivity index (χ4v) is 4.27. The molecule has 5 rings (SSSR count). The third-order valence-electron chi connectivity index (χ3n) is 5.93. The smallest absolute Gasteiger partial charge is 0.410 e. The first-order valence-corrected chi connectivity index (χ1v) is 11.5. The summed E-state index contributed by atoms with van der Waals surface area (Å²) in [5.41, 5.74) is -1.25. The summed E-state index contributed by atoms with van der Waals surface area (Å²) in [6, 6.07) is 23.9. The largest absolute Gasteiger partial charge is 0.515 e. The number of pyridine rings is 1. The van der Waals surface area contributed by atoms with E-state index in [1.54, 1.807) is 79.7 Å². The highest BCUT2D eigenvalue weighted by Gasteiger charge is 2.59. The van der Waals surface area contributed by atoms with Crippen molar-refractivity contribution in [3.8, 4) is 11.5 Å². The lowest BCUT2D eigenvalue weighted by atomic mass is 9.86. The fraction of sp³-hybridized carbons (Fsp3) is 0.0690. The molecule has 1 unspecified atom stereocenters. The van der Waals surface area contributed by atoms with Crippen LogP contribution in [0.25, 0.3) is 4.85 Å². The van der Waals surface area contributed by atoms with Gasteiger partial charge in [0.2, 0.25) is 5.60 Å². The zero-order chi connectivity index (χ0) is 26.7. The lowest BCUT2D eigenvalue weighted by molar-refractivity contribution is -0.133. The normalized spacial score (nSPS) is 15.8. The van der Waals surface area contributed by atoms with Gasteiger partial charge < -0.3 is 14.2 Å². The molecular weight excluding hydrogens is 486 g/mol. The molecule has 0 radical (unpaired) electrons. The lowest BCUT2D eigenvalue weighted by Crippen LogP contribution is -2.48. The van der Waals surface area contributed by atoms with Gasteiger partial charge in [-0.15, -0.1) is 0 Å². The molecule has 2 heterocycles. The van der Waals surface area contributed by atoms with Gasteiger partial charge in [-0.1, -0.05) is 48.5 Å². The van der Waals surface area contributed by atoms with Crippen molar-refractivity contribution in [2.45, 2.75) is 12.5 Å². The van der Waals surface area contributed by atoms with Crippen LogP contribution in [0, 0.1) is 13.5 Å². The van der Waals surface area contributed by atoms with E-state index in [0.717, 1.165) is 4.90 Å². The Kier molecular flexibility index (Phi) is 6.29. The summed E-state index contributed by atoms with van der Waals surface area (Å²) in [6.45, 7) is 9.13. The number of amides is 2. The highest BCUT2D eigenvalue weighted by molar-refractivity contribution is 6.22. The Balaban J connectivity index is 1.66. The number of hydrogen-bond donors (Lipinski definition) is 0. The van der Waals surface area contributed by atoms with Crippen molar-refractivity contribution in [1.82, 2.24) is 4.98 Å². The minimum atomic E-state index is -2.18. The van der Waals surface area contributed by atoms with Crippen LogP contribution < -0.4 is 14.4 Å². The van der Waals surface area contributed by atoms with E-state index < -0.39 is 23.8 Å². The fourth-order valence-electron chi connectivity index (χ4n) is 4.27. The maximum absolute atomic E-state index is 14.2. The number of aryl methyl sites for hydroxylation is 1. The van der Waals surface area contributed by atoms with Crippen LogP contribution in [0.3, 0.4) is 0 Å². The number of carbonyl (C=O) groups excluding carboxylic acids is 3. The summed E-state index contributed by atoms with van der Waals surface area (Å²) in [5, 5.41) is 0. The number of imide groups is 1. The van der Waals surface area contributed by atoms with E-state index in [-0.39, 0.29) is 34.0 Å². The number of hydrogen-bond acceptors (Lipinski definition) is 7. The van der Waals surface area contributed by atoms with Crippen LogP contribution in [-0.4, -0.2) is 23.1 Å². The molecule has 0 N–H and O–H groups in total. The SMILES string of the molecule is [C-]#[N+]c1ccc2c(c1)C(OC(=O)Oc1ccccc1)(c1cccnc1C)C(=O)N2C(=O)Oc1ccccc1. The van der Waals surface area contributed by atoms with Crippen LogP contribution >= 0.6 is 0 Å². The molecule has 2 amide bonds. The third-order valence-corrected chi connectivity index (χ3v) is 5.93. The molecule has 0 aliphatic carbocycles. The van der Waals surface area contributed by atoms with Crippen molar-refractivity contribution >= 4 is 29.5 Å². The zero-order valence-corrected chi connectivity index (χ0v) is 20.0. The second kappa shape index (κ2) is 9.87. The van der Waals surface area contributed by atoms with Crippen LogP contribution in [0.15, 0.2) is 97.2 Å². The van der Waals surface area contributed by atoms with Gasteiger partial charge in [-0.3, -0.25) is 9.78 Å². The molecular formula is C29H19N3O6. The first kappa shape index (κ1) is 24.2. The van der Waals surface area contributed by atoms with Gasteiger partial charge in [0.15, 0.2) is 5.69 Å². The number of fused-ring (bicyclic) bond motifs is 1. The third kappa shape index (κ3) is 4.20. The average molecular weight is 505 g/mol. The predicted molar refractivity (Wildman–Crippen MR) is 136 cm³/mol. The van der Waals surface area contributed by atoms with Gasteiger partial charge in [0.05, 0.1) is 12.3 Å². The molecule has 0 saturated heterocycles.